The second-order valence-corrected chi connectivity index (χ2v) is 8.75. The lowest BCUT2D eigenvalue weighted by Gasteiger charge is -2.25. The predicted octanol–water partition coefficient (Wildman–Crippen LogP) is 3.80. The molecule has 0 unspecified atom stereocenters. The second-order valence-electron chi connectivity index (χ2n) is 8.36. The van der Waals surface area contributed by atoms with Crippen molar-refractivity contribution in [2.45, 2.75) is 52.6 Å². The number of carbonyl (C=O) groups excluding carboxylic acids is 2. The topological polar surface area (TPSA) is 101 Å². The van der Waals surface area contributed by atoms with E-state index in [1.165, 1.54) is 0 Å². The van der Waals surface area contributed by atoms with Gasteiger partial charge in [-0.05, 0) is 40.5 Å². The number of aromatic amines is 1. The molecular formula is C21H32ClN5O4. The van der Waals surface area contributed by atoms with E-state index in [4.69, 9.17) is 21.1 Å². The van der Waals surface area contributed by atoms with Crippen molar-refractivity contribution >= 4 is 40.5 Å². The first kappa shape index (κ1) is 24.7. The highest BCUT2D eigenvalue weighted by Crippen LogP contribution is 2.26. The molecule has 0 aliphatic carbocycles. The number of rotatable bonds is 9. The van der Waals surface area contributed by atoms with E-state index in [1.54, 1.807) is 24.9 Å². The summed E-state index contributed by atoms with van der Waals surface area (Å²) in [5, 5.41) is 0.338. The number of nitrogens with zero attached hydrogens (tertiary/aromatic N) is 4. The van der Waals surface area contributed by atoms with Crippen molar-refractivity contribution in [3.63, 3.8) is 0 Å². The molecular weight excluding hydrogens is 422 g/mol. The van der Waals surface area contributed by atoms with Gasteiger partial charge in [-0.3, -0.25) is 4.79 Å². The number of unbranched alkanes of at least 4 members (excludes halogenated alkanes) is 1. The summed E-state index contributed by atoms with van der Waals surface area (Å²) in [6, 6.07) is 1.69. The molecule has 0 aromatic carbocycles. The molecule has 1 N–H and O–H groups in total. The summed E-state index contributed by atoms with van der Waals surface area (Å²) in [6.07, 6.45) is 1.36. The summed E-state index contributed by atoms with van der Waals surface area (Å²) < 4.78 is 10.3. The average molecular weight is 454 g/mol. The van der Waals surface area contributed by atoms with Gasteiger partial charge in [-0.15, -0.1) is 0 Å². The minimum absolute atomic E-state index is 0.0558. The van der Waals surface area contributed by atoms with E-state index in [0.717, 1.165) is 12.8 Å². The highest BCUT2D eigenvalue weighted by Gasteiger charge is 2.20. The molecule has 0 saturated heterocycles. The molecule has 2 aromatic heterocycles. The van der Waals surface area contributed by atoms with Gasteiger partial charge in [0.25, 0.3) is 0 Å². The van der Waals surface area contributed by atoms with Crippen LogP contribution in [0.5, 0.6) is 0 Å². The Hall–Kier alpha value is -2.55. The number of aromatic nitrogens is 3. The van der Waals surface area contributed by atoms with E-state index in [9.17, 15) is 9.59 Å². The van der Waals surface area contributed by atoms with Crippen LogP contribution in [0.15, 0.2) is 6.07 Å². The summed E-state index contributed by atoms with van der Waals surface area (Å²) in [4.78, 5) is 39.4. The number of fused-ring (bicyclic) bond motifs is 1. The lowest BCUT2D eigenvalue weighted by Crippen LogP contribution is -2.35. The van der Waals surface area contributed by atoms with Crippen molar-refractivity contribution in [1.29, 1.82) is 0 Å². The van der Waals surface area contributed by atoms with Gasteiger partial charge in [0.2, 0.25) is 0 Å². The lowest BCUT2D eigenvalue weighted by molar-refractivity contribution is -0.142. The Bertz CT molecular complexity index is 909. The highest BCUT2D eigenvalue weighted by molar-refractivity contribution is 6.30. The maximum atomic E-state index is 12.0. The van der Waals surface area contributed by atoms with Crippen LogP contribution in [0, 0.1) is 0 Å². The van der Waals surface area contributed by atoms with E-state index in [-0.39, 0.29) is 18.5 Å². The van der Waals surface area contributed by atoms with Gasteiger partial charge in [-0.25, -0.2) is 14.8 Å². The van der Waals surface area contributed by atoms with Crippen molar-refractivity contribution in [3.05, 3.63) is 17.0 Å². The average Bonchev–Trinajstić information content (AvgIpc) is 3.04. The molecule has 0 aliphatic heterocycles. The lowest BCUT2D eigenvalue weighted by atomic mass is 10.2. The van der Waals surface area contributed by atoms with Crippen LogP contribution in [0.2, 0.25) is 5.15 Å². The van der Waals surface area contributed by atoms with Gasteiger partial charge < -0.3 is 24.3 Å². The van der Waals surface area contributed by atoms with Crippen molar-refractivity contribution < 1.29 is 19.1 Å². The molecule has 172 valence electrons. The fraction of sp³-hybridized carbons (Fsp3) is 0.619. The van der Waals surface area contributed by atoms with Gasteiger partial charge in [0.05, 0.1) is 12.1 Å². The summed E-state index contributed by atoms with van der Waals surface area (Å²) in [5.41, 5.74) is 0.855. The molecule has 0 spiro atoms. The van der Waals surface area contributed by atoms with Crippen LogP contribution in [-0.4, -0.2) is 71.3 Å². The van der Waals surface area contributed by atoms with Crippen molar-refractivity contribution in [1.82, 2.24) is 19.9 Å². The van der Waals surface area contributed by atoms with Crippen LogP contribution in [0.1, 0.15) is 46.4 Å². The second kappa shape index (κ2) is 10.7. The third kappa shape index (κ3) is 7.57. The number of imidazole rings is 1. The minimum Gasteiger partial charge on any atom is -0.466 e. The largest absolute Gasteiger partial charge is 0.466 e. The van der Waals surface area contributed by atoms with Crippen LogP contribution in [0.4, 0.5) is 10.6 Å². The first-order chi connectivity index (χ1) is 14.5. The van der Waals surface area contributed by atoms with Crippen LogP contribution in [-0.2, 0) is 20.7 Å². The molecule has 0 saturated carbocycles. The van der Waals surface area contributed by atoms with Crippen molar-refractivity contribution in [2.24, 2.45) is 0 Å². The molecule has 2 aromatic rings. The maximum Gasteiger partial charge on any atom is 0.410 e. The van der Waals surface area contributed by atoms with Crippen LogP contribution in [0.3, 0.4) is 0 Å². The van der Waals surface area contributed by atoms with Crippen LogP contribution < -0.4 is 4.90 Å². The summed E-state index contributed by atoms with van der Waals surface area (Å²) in [7, 11) is 3.64. The van der Waals surface area contributed by atoms with Gasteiger partial charge in [0.1, 0.15) is 28.5 Å². The van der Waals surface area contributed by atoms with Gasteiger partial charge in [0.15, 0.2) is 5.82 Å². The Kier molecular flexibility index (Phi) is 8.50. The number of anilines is 1. The number of halogens is 1. The molecule has 0 bridgehead atoms. The van der Waals surface area contributed by atoms with E-state index < -0.39 is 5.60 Å². The van der Waals surface area contributed by atoms with Gasteiger partial charge in [0, 0.05) is 33.3 Å². The summed E-state index contributed by atoms with van der Waals surface area (Å²) >= 11 is 6.19. The van der Waals surface area contributed by atoms with Gasteiger partial charge in [-0.1, -0.05) is 11.6 Å². The van der Waals surface area contributed by atoms with E-state index in [0.29, 0.717) is 47.5 Å². The quantitative estimate of drug-likeness (QED) is 0.350. The molecule has 0 fully saturated rings. The monoisotopic (exact) mass is 453 g/mol. The smallest absolute Gasteiger partial charge is 0.410 e. The van der Waals surface area contributed by atoms with Crippen molar-refractivity contribution in [3.8, 4) is 0 Å². The summed E-state index contributed by atoms with van der Waals surface area (Å²) in [5.74, 6) is 0.796. The molecule has 2 rings (SSSR count). The molecule has 1 amide bonds. The SMILES string of the molecule is CCOC(=O)Cc1nc2c(N(C)CCCCN(C)C(=O)OC(C)(C)C)nc(Cl)cc2[nH]1. The fourth-order valence-corrected chi connectivity index (χ4v) is 3.14. The third-order valence-corrected chi connectivity index (χ3v) is 4.58. The maximum absolute atomic E-state index is 12.0. The summed E-state index contributed by atoms with van der Waals surface area (Å²) in [6.45, 7) is 8.92. The zero-order valence-electron chi connectivity index (χ0n) is 19.1. The zero-order valence-corrected chi connectivity index (χ0v) is 19.9. The number of hydrogen-bond donors (Lipinski definition) is 1. The number of amides is 1. The van der Waals surface area contributed by atoms with Gasteiger partial charge in [-0.2, -0.15) is 0 Å². The number of carbonyl (C=O) groups is 2. The highest BCUT2D eigenvalue weighted by atomic mass is 35.5. The number of nitrogens with one attached hydrogen (secondary N) is 1. The first-order valence-electron chi connectivity index (χ1n) is 10.4. The Morgan fingerprint density at radius 3 is 2.48 bits per heavy atom. The Morgan fingerprint density at radius 2 is 1.84 bits per heavy atom. The number of hydrogen-bond acceptors (Lipinski definition) is 7. The van der Waals surface area contributed by atoms with Crippen LogP contribution in [0.25, 0.3) is 11.0 Å². The molecule has 31 heavy (non-hydrogen) atoms. The van der Waals surface area contributed by atoms with Gasteiger partial charge >= 0.3 is 12.1 Å². The Labute approximate surface area is 188 Å². The standard InChI is InChI=1S/C21H32ClN5O4/c1-7-30-17(28)13-16-23-14-12-15(22)24-19(18(14)25-16)26(5)10-8-9-11-27(6)20(29)31-21(2,3)4/h12H,7-11,13H2,1-6H3,(H,23,25). The molecule has 9 nitrogen and oxygen atoms in total. The number of esters is 1. The molecule has 10 heteroatoms. The number of H-pyrrole nitrogens is 1. The molecule has 2 heterocycles. The number of ether oxygens (including phenoxy) is 2. The predicted molar refractivity (Wildman–Crippen MR) is 121 cm³/mol. The van der Waals surface area contributed by atoms with E-state index in [2.05, 4.69) is 15.0 Å². The molecule has 0 radical (unpaired) electrons. The van der Waals surface area contributed by atoms with E-state index in [1.807, 2.05) is 32.7 Å². The zero-order chi connectivity index (χ0) is 23.2. The van der Waals surface area contributed by atoms with E-state index >= 15 is 0 Å². The van der Waals surface area contributed by atoms with Crippen molar-refractivity contribution in [2.75, 3.05) is 38.7 Å². The molecule has 0 aliphatic rings. The molecule has 0 atom stereocenters. The third-order valence-electron chi connectivity index (χ3n) is 4.39. The van der Waals surface area contributed by atoms with Crippen LogP contribution >= 0.6 is 11.6 Å². The minimum atomic E-state index is -0.509. The normalized spacial score (nSPS) is 11.5. The Morgan fingerprint density at radius 1 is 1.16 bits per heavy atom. The first-order valence-corrected chi connectivity index (χ1v) is 10.7. The number of pyridine rings is 1. The Balaban J connectivity index is 1.97. The fourth-order valence-electron chi connectivity index (χ4n) is 2.95.